The van der Waals surface area contributed by atoms with Crippen molar-refractivity contribution in [3.8, 4) is 0 Å². The molecule has 0 aliphatic heterocycles. The molecule has 0 saturated carbocycles. The fourth-order valence-corrected chi connectivity index (χ4v) is 8.21. The van der Waals surface area contributed by atoms with Gasteiger partial charge in [0.2, 0.25) is 0 Å². The van der Waals surface area contributed by atoms with Crippen molar-refractivity contribution in [1.82, 2.24) is 0 Å². The molecule has 0 aliphatic carbocycles. The maximum absolute atomic E-state index is 14.3. The first-order valence-corrected chi connectivity index (χ1v) is 18.2. The molecule has 0 spiro atoms. The van der Waals surface area contributed by atoms with E-state index in [1.54, 1.807) is 0 Å². The molecule has 0 fully saturated rings. The number of unbranched alkanes of at least 4 members (excludes halogenated alkanes) is 4. The molecular weight excluding hydrogens is 510 g/mol. The van der Waals surface area contributed by atoms with Crippen molar-refractivity contribution in [2.75, 3.05) is 0 Å². The third-order valence-electron chi connectivity index (χ3n) is 6.65. The van der Waals surface area contributed by atoms with Gasteiger partial charge >= 0.3 is 15.6 Å². The highest BCUT2D eigenvalue weighted by Crippen LogP contribution is 2.68. The zero-order valence-electron chi connectivity index (χ0n) is 25.4. The van der Waals surface area contributed by atoms with Crippen LogP contribution >= 0.6 is 15.6 Å². The Kier molecular flexibility index (Phi) is 22.2. The summed E-state index contributed by atoms with van der Waals surface area (Å²) in [5, 5.41) is 0. The molecule has 0 radical (unpaired) electrons. The molecule has 0 bridgehead atoms. The molecule has 4 unspecified atom stereocenters. The van der Waals surface area contributed by atoms with E-state index in [9.17, 15) is 9.13 Å². The fourth-order valence-electron chi connectivity index (χ4n) is 4.03. The molecule has 224 valence electrons. The van der Waals surface area contributed by atoms with E-state index in [-0.39, 0.29) is 24.4 Å². The van der Waals surface area contributed by atoms with Crippen LogP contribution in [0.25, 0.3) is 0 Å². The molecule has 0 aromatic carbocycles. The van der Waals surface area contributed by atoms with Crippen LogP contribution in [-0.2, 0) is 31.5 Å². The SMILES string of the molecule is CCCCC(CC)OP(=O)(OC(CC)CCCC)OP(=O)(OC(CC)CCCC)OC(CC)CCCC. The van der Waals surface area contributed by atoms with Crippen molar-refractivity contribution < 1.29 is 31.5 Å². The average Bonchev–Trinajstić information content (AvgIpc) is 2.89. The summed E-state index contributed by atoms with van der Waals surface area (Å²) in [6, 6.07) is 0. The Morgan fingerprint density at radius 2 is 0.649 bits per heavy atom. The number of phosphoric ester groups is 2. The molecule has 0 N–H and O–H groups in total. The van der Waals surface area contributed by atoms with Crippen LogP contribution in [-0.4, -0.2) is 24.4 Å². The van der Waals surface area contributed by atoms with Gasteiger partial charge in [-0.1, -0.05) is 107 Å². The standard InChI is InChI=1S/C28H60O7P2/c1-9-17-21-25(13-5)31-36(29,32-26(14-6)22-18-10-2)35-37(30,33-27(15-7)23-19-11-3)34-28(16-8)24-20-12-4/h25-28H,9-24H2,1-8H3. The van der Waals surface area contributed by atoms with Crippen LogP contribution in [0, 0.1) is 0 Å². The van der Waals surface area contributed by atoms with Crippen LogP contribution in [0.1, 0.15) is 158 Å². The maximum Gasteiger partial charge on any atom is 0.484 e. The van der Waals surface area contributed by atoms with Crippen LogP contribution in [0.15, 0.2) is 0 Å². The van der Waals surface area contributed by atoms with Crippen LogP contribution in [0.2, 0.25) is 0 Å². The molecule has 0 aromatic heterocycles. The van der Waals surface area contributed by atoms with Crippen molar-refractivity contribution in [3.63, 3.8) is 0 Å². The summed E-state index contributed by atoms with van der Waals surface area (Å²) >= 11 is 0. The minimum atomic E-state index is -4.26. The molecule has 4 atom stereocenters. The van der Waals surface area contributed by atoms with Crippen molar-refractivity contribution in [3.05, 3.63) is 0 Å². The molecule has 0 aromatic rings. The Bertz CT molecular complexity index is 536. The first-order chi connectivity index (χ1) is 17.7. The maximum atomic E-state index is 14.3. The van der Waals surface area contributed by atoms with Gasteiger partial charge in [0.15, 0.2) is 0 Å². The Balaban J connectivity index is 6.21. The monoisotopic (exact) mass is 570 g/mol. The van der Waals surface area contributed by atoms with Crippen molar-refractivity contribution >= 4 is 15.6 Å². The van der Waals surface area contributed by atoms with Crippen LogP contribution in [0.3, 0.4) is 0 Å². The molecule has 0 aliphatic rings. The lowest BCUT2D eigenvalue weighted by Gasteiger charge is -2.31. The number of hydrogen-bond donors (Lipinski definition) is 0. The first-order valence-electron chi connectivity index (χ1n) is 15.3. The summed E-state index contributed by atoms with van der Waals surface area (Å²) < 4.78 is 58.7. The summed E-state index contributed by atoms with van der Waals surface area (Å²) in [5.74, 6) is 0. The molecule has 7 nitrogen and oxygen atoms in total. The summed E-state index contributed by atoms with van der Waals surface area (Å²) in [6.45, 7) is 16.4. The Hall–Kier alpha value is 0.260. The number of rotatable bonds is 26. The summed E-state index contributed by atoms with van der Waals surface area (Å²) in [4.78, 5) is 0. The van der Waals surface area contributed by atoms with E-state index in [0.717, 1.165) is 77.0 Å². The fraction of sp³-hybridized carbons (Fsp3) is 1.00. The second-order valence-electron chi connectivity index (χ2n) is 10.1. The Morgan fingerprint density at radius 3 is 0.811 bits per heavy atom. The Morgan fingerprint density at radius 1 is 0.432 bits per heavy atom. The minimum Gasteiger partial charge on any atom is -0.283 e. The summed E-state index contributed by atoms with van der Waals surface area (Å²) in [7, 11) is -8.53. The van der Waals surface area contributed by atoms with Gasteiger partial charge in [-0.2, -0.15) is 4.31 Å². The van der Waals surface area contributed by atoms with E-state index >= 15 is 0 Å². The largest absolute Gasteiger partial charge is 0.484 e. The van der Waals surface area contributed by atoms with E-state index in [1.807, 2.05) is 27.7 Å². The lowest BCUT2D eigenvalue weighted by atomic mass is 10.1. The van der Waals surface area contributed by atoms with Gasteiger partial charge in [-0.25, -0.2) is 9.13 Å². The van der Waals surface area contributed by atoms with Crippen LogP contribution in [0.5, 0.6) is 0 Å². The second kappa shape index (κ2) is 22.0. The van der Waals surface area contributed by atoms with E-state index in [4.69, 9.17) is 22.4 Å². The zero-order valence-corrected chi connectivity index (χ0v) is 27.2. The lowest BCUT2D eigenvalue weighted by molar-refractivity contribution is 0.0317. The third-order valence-corrected chi connectivity index (χ3v) is 10.5. The molecule has 0 saturated heterocycles. The minimum absolute atomic E-state index is 0.327. The van der Waals surface area contributed by atoms with Crippen molar-refractivity contribution in [2.24, 2.45) is 0 Å². The van der Waals surface area contributed by atoms with Gasteiger partial charge in [-0.3, -0.25) is 18.1 Å². The number of phosphoric acid groups is 2. The van der Waals surface area contributed by atoms with Gasteiger partial charge in [0, 0.05) is 0 Å². The van der Waals surface area contributed by atoms with Gasteiger partial charge in [-0.15, -0.1) is 0 Å². The molecule has 0 heterocycles. The highest BCUT2D eigenvalue weighted by atomic mass is 31.3. The predicted molar refractivity (Wildman–Crippen MR) is 155 cm³/mol. The summed E-state index contributed by atoms with van der Waals surface area (Å²) in [5.41, 5.74) is 0. The van der Waals surface area contributed by atoms with E-state index in [2.05, 4.69) is 27.7 Å². The second-order valence-corrected chi connectivity index (χ2v) is 13.4. The van der Waals surface area contributed by atoms with E-state index in [0.29, 0.717) is 25.7 Å². The molecule has 9 heteroatoms. The summed E-state index contributed by atoms with van der Waals surface area (Å²) in [6.07, 6.45) is 11.9. The zero-order chi connectivity index (χ0) is 28.2. The molecule has 37 heavy (non-hydrogen) atoms. The van der Waals surface area contributed by atoms with Gasteiger partial charge < -0.3 is 0 Å². The predicted octanol–water partition coefficient (Wildman–Crippen LogP) is 11.2. The Labute approximate surface area is 229 Å². The van der Waals surface area contributed by atoms with Crippen molar-refractivity contribution in [2.45, 2.75) is 183 Å². The topological polar surface area (TPSA) is 80.3 Å². The van der Waals surface area contributed by atoms with Crippen molar-refractivity contribution in [1.29, 1.82) is 0 Å². The lowest BCUT2D eigenvalue weighted by Crippen LogP contribution is -2.20. The van der Waals surface area contributed by atoms with Crippen LogP contribution < -0.4 is 0 Å². The first kappa shape index (κ1) is 37.3. The third kappa shape index (κ3) is 16.8. The van der Waals surface area contributed by atoms with E-state index < -0.39 is 15.6 Å². The van der Waals surface area contributed by atoms with Gasteiger partial charge in [0.1, 0.15) is 0 Å². The quantitative estimate of drug-likeness (QED) is 0.0957. The van der Waals surface area contributed by atoms with Gasteiger partial charge in [0.25, 0.3) is 0 Å². The van der Waals surface area contributed by atoms with Crippen LogP contribution in [0.4, 0.5) is 0 Å². The van der Waals surface area contributed by atoms with E-state index in [1.165, 1.54) is 0 Å². The smallest absolute Gasteiger partial charge is 0.283 e. The average molecular weight is 571 g/mol. The molecular formula is C28H60O7P2. The van der Waals surface area contributed by atoms with Gasteiger partial charge in [-0.05, 0) is 51.4 Å². The molecule has 0 rings (SSSR count). The highest BCUT2D eigenvalue weighted by Gasteiger charge is 2.45. The number of hydrogen-bond acceptors (Lipinski definition) is 7. The normalized spacial score (nSPS) is 18.6. The van der Waals surface area contributed by atoms with Gasteiger partial charge in [0.05, 0.1) is 24.4 Å². The highest BCUT2D eigenvalue weighted by molar-refractivity contribution is 7.62. The molecule has 0 amide bonds.